The first-order valence-corrected chi connectivity index (χ1v) is 9.37. The second-order valence-electron chi connectivity index (χ2n) is 5.07. The predicted molar refractivity (Wildman–Crippen MR) is 91.8 cm³/mol. The largest absolute Gasteiger partial charge is 0.468 e. The summed E-state index contributed by atoms with van der Waals surface area (Å²) >= 11 is 5.79. The molecule has 1 atom stereocenters. The fourth-order valence-electron chi connectivity index (χ4n) is 2.13. The number of halogens is 1. The zero-order valence-electron chi connectivity index (χ0n) is 13.4. The smallest absolute Gasteiger partial charge is 0.309 e. The zero-order valence-corrected chi connectivity index (χ0v) is 14.9. The number of likely N-dealkylation sites (N-methyl/N-ethyl adjacent to an activating group) is 1. The first kappa shape index (κ1) is 19.0. The van der Waals surface area contributed by atoms with Gasteiger partial charge in [-0.1, -0.05) is 11.6 Å². The molecule has 0 spiro atoms. The molecule has 1 heterocycles. The number of rotatable bonds is 6. The van der Waals surface area contributed by atoms with E-state index in [9.17, 15) is 18.0 Å². The molecule has 0 unspecified atom stereocenters. The molecule has 2 rings (SSSR count). The van der Waals surface area contributed by atoms with Crippen molar-refractivity contribution in [1.29, 1.82) is 0 Å². The van der Waals surface area contributed by atoms with Crippen molar-refractivity contribution in [2.24, 2.45) is 0 Å². The van der Waals surface area contributed by atoms with Gasteiger partial charge in [0.25, 0.3) is 0 Å². The topological polar surface area (TPSA) is 105 Å². The highest BCUT2D eigenvalue weighted by Crippen LogP contribution is 2.29. The Hall–Kier alpha value is -2.32. The Labute approximate surface area is 150 Å². The summed E-state index contributed by atoms with van der Waals surface area (Å²) in [4.78, 5) is 23.3. The number of carbonyl (C=O) groups is 2. The van der Waals surface area contributed by atoms with Crippen LogP contribution in [0.2, 0.25) is 5.02 Å². The lowest BCUT2D eigenvalue weighted by atomic mass is 10.3. The molecule has 2 amide bonds. The van der Waals surface area contributed by atoms with Crippen LogP contribution in [0, 0.1) is 0 Å². The Bertz CT molecular complexity index is 832. The minimum absolute atomic E-state index is 0.0329. The third-order valence-electron chi connectivity index (χ3n) is 3.37. The van der Waals surface area contributed by atoms with Gasteiger partial charge in [-0.05, 0) is 43.3 Å². The Morgan fingerprint density at radius 2 is 1.76 bits per heavy atom. The molecular weight excluding hydrogens is 368 g/mol. The Morgan fingerprint density at radius 3 is 2.32 bits per heavy atom. The number of amides is 2. The second kappa shape index (κ2) is 8.17. The van der Waals surface area contributed by atoms with Crippen LogP contribution in [-0.4, -0.2) is 33.3 Å². The van der Waals surface area contributed by atoms with Crippen molar-refractivity contribution in [1.82, 2.24) is 10.6 Å². The summed E-state index contributed by atoms with van der Waals surface area (Å²) in [5, 5.41) is 3.89. The van der Waals surface area contributed by atoms with Crippen LogP contribution >= 0.6 is 11.6 Å². The van der Waals surface area contributed by atoms with Gasteiger partial charge in [0, 0.05) is 18.1 Å². The monoisotopic (exact) mass is 384 g/mol. The molecule has 0 aliphatic heterocycles. The molecule has 9 heteroatoms. The van der Waals surface area contributed by atoms with Crippen molar-refractivity contribution in [2.75, 3.05) is 13.1 Å². The van der Waals surface area contributed by atoms with Crippen LogP contribution in [0.4, 0.5) is 0 Å². The van der Waals surface area contributed by atoms with Crippen molar-refractivity contribution in [3.63, 3.8) is 0 Å². The van der Waals surface area contributed by atoms with E-state index in [2.05, 4.69) is 10.6 Å². The van der Waals surface area contributed by atoms with Gasteiger partial charge < -0.3 is 15.1 Å². The number of furan rings is 1. The molecule has 0 fully saturated rings. The fraction of sp³-hybridized carbons (Fsp3) is 0.250. The molecule has 0 saturated heterocycles. The summed E-state index contributed by atoms with van der Waals surface area (Å²) < 4.78 is 31.0. The summed E-state index contributed by atoms with van der Waals surface area (Å²) in [6.45, 7) is 1.65. The number of hydrogen-bond acceptors (Lipinski definition) is 5. The van der Waals surface area contributed by atoms with E-state index in [1.807, 2.05) is 0 Å². The van der Waals surface area contributed by atoms with Gasteiger partial charge in [-0.2, -0.15) is 0 Å². The lowest BCUT2D eigenvalue weighted by Crippen LogP contribution is -2.42. The molecule has 0 radical (unpaired) electrons. The van der Waals surface area contributed by atoms with Crippen LogP contribution in [0.3, 0.4) is 0 Å². The summed E-state index contributed by atoms with van der Waals surface area (Å²) in [6.07, 6.45) is 1.34. The maximum atomic E-state index is 12.9. The van der Waals surface area contributed by atoms with Crippen LogP contribution in [0.25, 0.3) is 0 Å². The van der Waals surface area contributed by atoms with E-state index in [1.165, 1.54) is 36.6 Å². The van der Waals surface area contributed by atoms with E-state index in [4.69, 9.17) is 16.0 Å². The summed E-state index contributed by atoms with van der Waals surface area (Å²) in [6, 6.07) is 8.71. The van der Waals surface area contributed by atoms with Crippen LogP contribution in [0.15, 0.2) is 52.0 Å². The average molecular weight is 385 g/mol. The quantitative estimate of drug-likeness (QED) is 0.737. The van der Waals surface area contributed by atoms with Gasteiger partial charge >= 0.3 is 11.8 Å². The summed E-state index contributed by atoms with van der Waals surface area (Å²) in [5.74, 6) is -1.58. The zero-order chi connectivity index (χ0) is 18.4. The van der Waals surface area contributed by atoms with E-state index < -0.39 is 26.9 Å². The lowest BCUT2D eigenvalue weighted by Gasteiger charge is -2.16. The molecule has 2 aromatic rings. The molecule has 2 N–H and O–H groups in total. The van der Waals surface area contributed by atoms with Crippen LogP contribution < -0.4 is 10.6 Å². The Morgan fingerprint density at radius 1 is 1.12 bits per heavy atom. The number of hydrogen-bond donors (Lipinski definition) is 2. The highest BCUT2D eigenvalue weighted by molar-refractivity contribution is 7.91. The third kappa shape index (κ3) is 4.61. The molecule has 7 nitrogen and oxygen atoms in total. The molecular formula is C16H17ClN2O5S. The average Bonchev–Trinajstić information content (AvgIpc) is 3.09. The number of benzene rings is 1. The van der Waals surface area contributed by atoms with E-state index >= 15 is 0 Å². The van der Waals surface area contributed by atoms with E-state index in [-0.39, 0.29) is 23.7 Å². The standard InChI is InChI=1S/C16H17ClN2O5S/c1-2-18-15(20)16(21)19-10-14(13-4-3-9-24-13)25(22,23)12-7-5-11(17)6-8-12/h3-9,14H,2,10H2,1H3,(H,18,20)(H,19,21)/t14-/m1/s1. The maximum Gasteiger partial charge on any atom is 0.309 e. The van der Waals surface area contributed by atoms with Gasteiger partial charge in [0.1, 0.15) is 11.0 Å². The van der Waals surface area contributed by atoms with E-state index in [0.29, 0.717) is 5.02 Å². The Balaban J connectivity index is 2.26. The van der Waals surface area contributed by atoms with Crippen molar-refractivity contribution in [3.8, 4) is 0 Å². The van der Waals surface area contributed by atoms with Crippen molar-refractivity contribution in [2.45, 2.75) is 17.1 Å². The number of carbonyl (C=O) groups excluding carboxylic acids is 2. The highest BCUT2D eigenvalue weighted by atomic mass is 35.5. The molecule has 0 bridgehead atoms. The molecule has 0 saturated carbocycles. The van der Waals surface area contributed by atoms with E-state index in [0.717, 1.165) is 0 Å². The molecule has 1 aromatic carbocycles. The second-order valence-corrected chi connectivity index (χ2v) is 7.64. The minimum Gasteiger partial charge on any atom is -0.468 e. The minimum atomic E-state index is -3.87. The molecule has 0 aliphatic carbocycles. The third-order valence-corrected chi connectivity index (χ3v) is 5.70. The molecule has 1 aromatic heterocycles. The first-order chi connectivity index (χ1) is 11.9. The fourth-order valence-corrected chi connectivity index (χ4v) is 3.85. The highest BCUT2D eigenvalue weighted by Gasteiger charge is 2.32. The normalized spacial score (nSPS) is 12.4. The maximum absolute atomic E-state index is 12.9. The number of nitrogens with one attached hydrogen (secondary N) is 2. The molecule has 0 aliphatic rings. The van der Waals surface area contributed by atoms with Crippen molar-refractivity contribution < 1.29 is 22.4 Å². The van der Waals surface area contributed by atoms with Gasteiger partial charge in [0.2, 0.25) is 0 Å². The Kier molecular flexibility index (Phi) is 6.22. The van der Waals surface area contributed by atoms with Gasteiger partial charge in [0.15, 0.2) is 9.84 Å². The predicted octanol–water partition coefficient (Wildman–Crippen LogP) is 1.70. The summed E-state index contributed by atoms with van der Waals surface area (Å²) in [7, 11) is -3.87. The van der Waals surface area contributed by atoms with Crippen LogP contribution in [0.1, 0.15) is 17.9 Å². The van der Waals surface area contributed by atoms with Crippen LogP contribution in [0.5, 0.6) is 0 Å². The molecule has 25 heavy (non-hydrogen) atoms. The summed E-state index contributed by atoms with van der Waals surface area (Å²) in [5.41, 5.74) is 0. The van der Waals surface area contributed by atoms with Crippen molar-refractivity contribution >= 4 is 33.3 Å². The SMILES string of the molecule is CCNC(=O)C(=O)NC[C@H](c1ccco1)S(=O)(=O)c1ccc(Cl)cc1. The van der Waals surface area contributed by atoms with Gasteiger partial charge in [0.05, 0.1) is 11.2 Å². The first-order valence-electron chi connectivity index (χ1n) is 7.45. The lowest BCUT2D eigenvalue weighted by molar-refractivity contribution is -0.139. The van der Waals surface area contributed by atoms with Gasteiger partial charge in [-0.3, -0.25) is 9.59 Å². The van der Waals surface area contributed by atoms with Crippen molar-refractivity contribution in [3.05, 3.63) is 53.4 Å². The molecule has 134 valence electrons. The van der Waals surface area contributed by atoms with Gasteiger partial charge in [-0.15, -0.1) is 0 Å². The van der Waals surface area contributed by atoms with Gasteiger partial charge in [-0.25, -0.2) is 8.42 Å². The van der Waals surface area contributed by atoms with E-state index in [1.54, 1.807) is 13.0 Å². The van der Waals surface area contributed by atoms with Crippen LogP contribution in [-0.2, 0) is 19.4 Å². The number of sulfone groups is 1.